The van der Waals surface area contributed by atoms with Crippen molar-refractivity contribution in [3.63, 3.8) is 0 Å². The number of aromatic nitrogens is 2. The largest absolute Gasteiger partial charge is 0.330 e. The van der Waals surface area contributed by atoms with E-state index in [4.69, 9.17) is 5.73 Å². The monoisotopic (exact) mass is 244 g/mol. The number of rotatable bonds is 3. The van der Waals surface area contributed by atoms with Gasteiger partial charge in [-0.15, -0.1) is 0 Å². The van der Waals surface area contributed by atoms with Crippen LogP contribution >= 0.6 is 0 Å². The number of hydrogen-bond donors (Lipinski definition) is 1. The van der Waals surface area contributed by atoms with Crippen molar-refractivity contribution in [3.8, 4) is 0 Å². The van der Waals surface area contributed by atoms with E-state index in [0.717, 1.165) is 37.7 Å². The van der Waals surface area contributed by atoms with Crippen LogP contribution in [-0.2, 0) is 6.54 Å². The zero-order valence-corrected chi connectivity index (χ0v) is 10.6. The van der Waals surface area contributed by atoms with Gasteiger partial charge in [-0.2, -0.15) is 0 Å². The van der Waals surface area contributed by atoms with Crippen molar-refractivity contribution in [2.24, 2.45) is 11.7 Å². The number of pyridine rings is 1. The van der Waals surface area contributed by atoms with Gasteiger partial charge < -0.3 is 10.1 Å². The second kappa shape index (κ2) is 5.08. The molecular weight excluding hydrogens is 224 g/mol. The summed E-state index contributed by atoms with van der Waals surface area (Å²) in [6, 6.07) is 6.13. The molecule has 1 saturated heterocycles. The van der Waals surface area contributed by atoms with Crippen molar-refractivity contribution >= 4 is 5.65 Å². The van der Waals surface area contributed by atoms with Crippen LogP contribution in [0.1, 0.15) is 18.5 Å². The first kappa shape index (κ1) is 11.7. The number of nitrogens with zero attached hydrogens (tertiary/aromatic N) is 3. The molecule has 1 aliphatic heterocycles. The molecule has 18 heavy (non-hydrogen) atoms. The lowest BCUT2D eigenvalue weighted by atomic mass is 9.97. The zero-order valence-electron chi connectivity index (χ0n) is 10.6. The molecule has 96 valence electrons. The molecule has 0 amide bonds. The molecule has 2 aromatic heterocycles. The first-order valence-electron chi connectivity index (χ1n) is 6.70. The second-order valence-electron chi connectivity index (χ2n) is 5.13. The van der Waals surface area contributed by atoms with E-state index in [9.17, 15) is 0 Å². The van der Waals surface area contributed by atoms with Gasteiger partial charge in [-0.3, -0.25) is 4.90 Å². The van der Waals surface area contributed by atoms with E-state index in [1.165, 1.54) is 18.5 Å². The summed E-state index contributed by atoms with van der Waals surface area (Å²) >= 11 is 0. The third-order valence-corrected chi connectivity index (χ3v) is 3.92. The summed E-state index contributed by atoms with van der Waals surface area (Å²) in [6.07, 6.45) is 6.54. The van der Waals surface area contributed by atoms with Gasteiger partial charge in [0.2, 0.25) is 0 Å². The summed E-state index contributed by atoms with van der Waals surface area (Å²) in [4.78, 5) is 6.93. The highest BCUT2D eigenvalue weighted by Gasteiger charge is 2.18. The Hall–Kier alpha value is -1.39. The normalized spacial score (nSPS) is 18.5. The fraction of sp³-hybridized carbons (Fsp3) is 0.500. The highest BCUT2D eigenvalue weighted by Crippen LogP contribution is 2.18. The van der Waals surface area contributed by atoms with Crippen LogP contribution in [0.4, 0.5) is 0 Å². The molecule has 0 aromatic carbocycles. The summed E-state index contributed by atoms with van der Waals surface area (Å²) in [7, 11) is 0. The van der Waals surface area contributed by atoms with Crippen LogP contribution in [0.3, 0.4) is 0 Å². The molecule has 0 atom stereocenters. The van der Waals surface area contributed by atoms with E-state index >= 15 is 0 Å². The van der Waals surface area contributed by atoms with E-state index in [2.05, 4.69) is 26.5 Å². The lowest BCUT2D eigenvalue weighted by Crippen LogP contribution is -2.35. The molecule has 0 spiro atoms. The summed E-state index contributed by atoms with van der Waals surface area (Å²) in [6.45, 7) is 4.13. The number of likely N-dealkylation sites (tertiary alicyclic amines) is 1. The van der Waals surface area contributed by atoms with Gasteiger partial charge in [0.25, 0.3) is 0 Å². The van der Waals surface area contributed by atoms with Gasteiger partial charge in [0.1, 0.15) is 5.65 Å². The smallest absolute Gasteiger partial charge is 0.136 e. The maximum Gasteiger partial charge on any atom is 0.136 e. The standard InChI is InChI=1S/C14H20N4/c15-9-12-4-7-17(8-5-12)11-13-10-16-14-3-1-2-6-18(13)14/h1-3,6,10,12H,4-5,7-9,11,15H2. The molecular formula is C14H20N4. The van der Waals surface area contributed by atoms with E-state index in [1.54, 1.807) is 0 Å². The molecule has 4 nitrogen and oxygen atoms in total. The van der Waals surface area contributed by atoms with Gasteiger partial charge in [-0.1, -0.05) is 6.07 Å². The molecule has 1 aliphatic rings. The van der Waals surface area contributed by atoms with Crippen molar-refractivity contribution in [1.29, 1.82) is 0 Å². The Morgan fingerprint density at radius 2 is 2.11 bits per heavy atom. The number of hydrogen-bond acceptors (Lipinski definition) is 3. The lowest BCUT2D eigenvalue weighted by Gasteiger charge is -2.31. The van der Waals surface area contributed by atoms with E-state index in [-0.39, 0.29) is 0 Å². The topological polar surface area (TPSA) is 46.6 Å². The van der Waals surface area contributed by atoms with Crippen molar-refractivity contribution in [2.45, 2.75) is 19.4 Å². The Balaban J connectivity index is 1.70. The van der Waals surface area contributed by atoms with Gasteiger partial charge in [0.15, 0.2) is 0 Å². The predicted molar refractivity (Wildman–Crippen MR) is 72.2 cm³/mol. The lowest BCUT2D eigenvalue weighted by molar-refractivity contribution is 0.178. The Bertz CT molecular complexity index is 511. The van der Waals surface area contributed by atoms with E-state index < -0.39 is 0 Å². The minimum Gasteiger partial charge on any atom is -0.330 e. The predicted octanol–water partition coefficient (Wildman–Crippen LogP) is 1.50. The van der Waals surface area contributed by atoms with Crippen LogP contribution in [0.2, 0.25) is 0 Å². The van der Waals surface area contributed by atoms with Gasteiger partial charge in [0, 0.05) is 12.7 Å². The fourth-order valence-electron chi connectivity index (χ4n) is 2.71. The molecule has 3 heterocycles. The zero-order chi connectivity index (χ0) is 12.4. The molecule has 2 aromatic rings. The van der Waals surface area contributed by atoms with Crippen molar-refractivity contribution in [1.82, 2.24) is 14.3 Å². The summed E-state index contributed by atoms with van der Waals surface area (Å²) in [5.41, 5.74) is 8.03. The Morgan fingerprint density at radius 1 is 1.28 bits per heavy atom. The van der Waals surface area contributed by atoms with Crippen LogP contribution in [-0.4, -0.2) is 33.9 Å². The number of piperidine rings is 1. The maximum absolute atomic E-state index is 5.73. The van der Waals surface area contributed by atoms with E-state index in [1.807, 2.05) is 18.3 Å². The minimum atomic E-state index is 0.725. The molecule has 4 heteroatoms. The third kappa shape index (κ3) is 2.26. The quantitative estimate of drug-likeness (QED) is 0.890. The SMILES string of the molecule is NCC1CCN(Cc2cnc3ccccn23)CC1. The summed E-state index contributed by atoms with van der Waals surface area (Å²) in [5.74, 6) is 0.725. The van der Waals surface area contributed by atoms with Crippen LogP contribution in [0.25, 0.3) is 5.65 Å². The Labute approximate surface area is 107 Å². The summed E-state index contributed by atoms with van der Waals surface area (Å²) < 4.78 is 2.18. The first-order valence-corrected chi connectivity index (χ1v) is 6.70. The van der Waals surface area contributed by atoms with Crippen LogP contribution in [0, 0.1) is 5.92 Å². The average Bonchev–Trinajstić information content (AvgIpc) is 2.83. The number of fused-ring (bicyclic) bond motifs is 1. The molecule has 0 unspecified atom stereocenters. The average molecular weight is 244 g/mol. The summed E-state index contributed by atoms with van der Waals surface area (Å²) in [5, 5.41) is 0. The van der Waals surface area contributed by atoms with Gasteiger partial charge in [0.05, 0.1) is 11.9 Å². The molecule has 1 fully saturated rings. The van der Waals surface area contributed by atoms with Crippen molar-refractivity contribution < 1.29 is 0 Å². The Morgan fingerprint density at radius 3 is 2.89 bits per heavy atom. The molecule has 0 saturated carbocycles. The van der Waals surface area contributed by atoms with E-state index in [0.29, 0.717) is 0 Å². The molecule has 0 bridgehead atoms. The van der Waals surface area contributed by atoms with Gasteiger partial charge in [-0.25, -0.2) is 4.98 Å². The van der Waals surface area contributed by atoms with Crippen molar-refractivity contribution in [3.05, 3.63) is 36.3 Å². The number of nitrogens with two attached hydrogens (primary N) is 1. The second-order valence-corrected chi connectivity index (χ2v) is 5.13. The minimum absolute atomic E-state index is 0.725. The molecule has 0 radical (unpaired) electrons. The molecule has 0 aliphatic carbocycles. The van der Waals surface area contributed by atoms with Crippen LogP contribution in [0.15, 0.2) is 30.6 Å². The first-order chi connectivity index (χ1) is 8.86. The highest BCUT2D eigenvalue weighted by molar-refractivity contribution is 5.39. The maximum atomic E-state index is 5.73. The highest BCUT2D eigenvalue weighted by atomic mass is 15.2. The van der Waals surface area contributed by atoms with Gasteiger partial charge >= 0.3 is 0 Å². The fourth-order valence-corrected chi connectivity index (χ4v) is 2.71. The number of imidazole rings is 1. The van der Waals surface area contributed by atoms with Gasteiger partial charge in [-0.05, 0) is 50.5 Å². The molecule has 3 rings (SSSR count). The van der Waals surface area contributed by atoms with Crippen LogP contribution in [0.5, 0.6) is 0 Å². The molecule has 2 N–H and O–H groups in total. The van der Waals surface area contributed by atoms with Crippen molar-refractivity contribution in [2.75, 3.05) is 19.6 Å². The Kier molecular flexibility index (Phi) is 3.30. The third-order valence-electron chi connectivity index (χ3n) is 3.92. The van der Waals surface area contributed by atoms with Crippen LogP contribution < -0.4 is 5.73 Å².